The summed E-state index contributed by atoms with van der Waals surface area (Å²) in [6.07, 6.45) is 4.36. The number of benzene rings is 1. The van der Waals surface area contributed by atoms with E-state index in [2.05, 4.69) is 32.1 Å². The fourth-order valence-corrected chi connectivity index (χ4v) is 4.42. The number of anilines is 2. The Kier molecular flexibility index (Phi) is 5.37. The molecule has 0 atom stereocenters. The third kappa shape index (κ3) is 4.03. The molecule has 2 aromatic heterocycles. The van der Waals surface area contributed by atoms with Crippen LogP contribution in [0.5, 0.6) is 0 Å². The van der Waals surface area contributed by atoms with E-state index in [9.17, 15) is 9.90 Å². The molecule has 3 heterocycles. The van der Waals surface area contributed by atoms with Gasteiger partial charge in [0.1, 0.15) is 12.1 Å². The SMILES string of the molecule is CN1CCN(c2ccc(-n3oc4ncnc(NC5CCC(O)CC5)c4c3=O)cc2)CC1. The van der Waals surface area contributed by atoms with E-state index in [4.69, 9.17) is 4.52 Å². The summed E-state index contributed by atoms with van der Waals surface area (Å²) >= 11 is 0. The van der Waals surface area contributed by atoms with Crippen LogP contribution in [-0.4, -0.2) is 70.1 Å². The number of piperazine rings is 1. The third-order valence-corrected chi connectivity index (χ3v) is 6.38. The lowest BCUT2D eigenvalue weighted by Crippen LogP contribution is -2.44. The van der Waals surface area contributed by atoms with Crippen molar-refractivity contribution in [2.45, 2.75) is 37.8 Å². The topological polar surface area (TPSA) is 99.7 Å². The Balaban J connectivity index is 1.40. The van der Waals surface area contributed by atoms with Crippen LogP contribution in [0.15, 0.2) is 39.9 Å². The Morgan fingerprint density at radius 3 is 2.39 bits per heavy atom. The van der Waals surface area contributed by atoms with Crippen LogP contribution >= 0.6 is 0 Å². The number of hydrogen-bond donors (Lipinski definition) is 2. The zero-order valence-electron chi connectivity index (χ0n) is 17.7. The van der Waals surface area contributed by atoms with E-state index in [0.717, 1.165) is 57.5 Å². The first-order valence-corrected chi connectivity index (χ1v) is 10.9. The summed E-state index contributed by atoms with van der Waals surface area (Å²) in [4.78, 5) is 26.3. The number of nitrogens with zero attached hydrogens (tertiary/aromatic N) is 5. The van der Waals surface area contributed by atoms with Crippen LogP contribution in [-0.2, 0) is 0 Å². The van der Waals surface area contributed by atoms with E-state index in [1.165, 1.54) is 11.1 Å². The summed E-state index contributed by atoms with van der Waals surface area (Å²) in [6, 6.07) is 8.03. The van der Waals surface area contributed by atoms with E-state index in [-0.39, 0.29) is 23.4 Å². The average molecular weight is 425 g/mol. The standard InChI is InChI=1S/C22H28N6O3/c1-26-10-12-27(13-11-26)16-4-6-17(7-5-16)28-22(30)19-20(23-14-24-21(19)31-28)25-15-2-8-18(29)9-3-15/h4-7,14-15,18,29H,2-3,8-13H2,1H3,(H,23,24,25). The second-order valence-corrected chi connectivity index (χ2v) is 8.55. The maximum Gasteiger partial charge on any atom is 0.300 e. The second-order valence-electron chi connectivity index (χ2n) is 8.55. The van der Waals surface area contributed by atoms with Gasteiger partial charge in [0.2, 0.25) is 0 Å². The molecular weight excluding hydrogens is 396 g/mol. The maximum absolute atomic E-state index is 13.2. The Morgan fingerprint density at radius 2 is 1.68 bits per heavy atom. The van der Waals surface area contributed by atoms with Gasteiger partial charge in [-0.15, -0.1) is 4.74 Å². The van der Waals surface area contributed by atoms with E-state index in [1.54, 1.807) is 0 Å². The van der Waals surface area contributed by atoms with Gasteiger partial charge in [0.05, 0.1) is 11.8 Å². The first-order valence-electron chi connectivity index (χ1n) is 10.9. The third-order valence-electron chi connectivity index (χ3n) is 6.38. The zero-order chi connectivity index (χ0) is 21.4. The number of nitrogens with one attached hydrogen (secondary N) is 1. The van der Waals surface area contributed by atoms with Crippen LogP contribution in [0.1, 0.15) is 25.7 Å². The largest absolute Gasteiger partial charge is 0.393 e. The fraction of sp³-hybridized carbons (Fsp3) is 0.500. The van der Waals surface area contributed by atoms with Gasteiger partial charge in [-0.2, -0.15) is 4.98 Å². The van der Waals surface area contributed by atoms with Crippen LogP contribution in [0.3, 0.4) is 0 Å². The van der Waals surface area contributed by atoms with Gasteiger partial charge in [0.25, 0.3) is 5.71 Å². The first kappa shape index (κ1) is 20.0. The predicted molar refractivity (Wildman–Crippen MR) is 119 cm³/mol. The number of aromatic nitrogens is 3. The van der Waals surface area contributed by atoms with Crippen molar-refractivity contribution < 1.29 is 9.63 Å². The quantitative estimate of drug-likeness (QED) is 0.655. The van der Waals surface area contributed by atoms with Crippen LogP contribution < -0.4 is 15.8 Å². The lowest BCUT2D eigenvalue weighted by molar-refractivity contribution is 0.126. The zero-order valence-corrected chi connectivity index (χ0v) is 17.7. The van der Waals surface area contributed by atoms with E-state index >= 15 is 0 Å². The molecule has 0 bridgehead atoms. The molecule has 0 unspecified atom stereocenters. The fourth-order valence-electron chi connectivity index (χ4n) is 4.42. The molecule has 2 N–H and O–H groups in total. The molecule has 31 heavy (non-hydrogen) atoms. The molecule has 1 aromatic carbocycles. The van der Waals surface area contributed by atoms with Gasteiger partial charge in [-0.1, -0.05) is 0 Å². The molecule has 2 aliphatic rings. The molecule has 3 aromatic rings. The molecule has 0 amide bonds. The molecule has 0 spiro atoms. The van der Waals surface area contributed by atoms with Gasteiger partial charge in [0, 0.05) is 37.9 Å². The van der Waals surface area contributed by atoms with Gasteiger partial charge in [-0.3, -0.25) is 4.79 Å². The van der Waals surface area contributed by atoms with E-state index in [0.29, 0.717) is 16.9 Å². The Morgan fingerprint density at radius 1 is 1.00 bits per heavy atom. The number of likely N-dealkylation sites (N-methyl/N-ethyl adjacent to an activating group) is 1. The lowest BCUT2D eigenvalue weighted by atomic mass is 9.93. The molecular formula is C22H28N6O3. The summed E-state index contributed by atoms with van der Waals surface area (Å²) in [6.45, 7) is 4.06. The summed E-state index contributed by atoms with van der Waals surface area (Å²) in [5, 5.41) is 13.4. The predicted octanol–water partition coefficient (Wildman–Crippen LogP) is 1.84. The van der Waals surface area contributed by atoms with Crippen LogP contribution in [0.4, 0.5) is 11.5 Å². The molecule has 1 aliphatic carbocycles. The van der Waals surface area contributed by atoms with Crippen LogP contribution in [0.25, 0.3) is 16.8 Å². The normalized spacial score (nSPS) is 22.7. The van der Waals surface area contributed by atoms with Crippen molar-refractivity contribution in [3.05, 3.63) is 40.9 Å². The van der Waals surface area contributed by atoms with Crippen molar-refractivity contribution >= 4 is 22.6 Å². The Bertz CT molecular complexity index is 1090. The van der Waals surface area contributed by atoms with Gasteiger partial charge >= 0.3 is 5.56 Å². The molecule has 1 saturated carbocycles. The van der Waals surface area contributed by atoms with Gasteiger partial charge in [-0.05, 0) is 57.0 Å². The molecule has 1 aliphatic heterocycles. The number of aliphatic hydroxyl groups excluding tert-OH is 1. The van der Waals surface area contributed by atoms with E-state index in [1.807, 2.05) is 24.3 Å². The monoisotopic (exact) mass is 424 g/mol. The van der Waals surface area contributed by atoms with Crippen molar-refractivity contribution in [1.82, 2.24) is 19.6 Å². The van der Waals surface area contributed by atoms with E-state index < -0.39 is 0 Å². The highest BCUT2D eigenvalue weighted by Gasteiger charge is 2.23. The lowest BCUT2D eigenvalue weighted by Gasteiger charge is -2.34. The molecule has 9 heteroatoms. The van der Waals surface area contributed by atoms with Crippen molar-refractivity contribution in [3.63, 3.8) is 0 Å². The molecule has 2 fully saturated rings. The Hall–Kier alpha value is -2.91. The highest BCUT2D eigenvalue weighted by atomic mass is 16.5. The van der Waals surface area contributed by atoms with Gasteiger partial charge in [0.15, 0.2) is 5.39 Å². The number of rotatable bonds is 4. The van der Waals surface area contributed by atoms with Crippen LogP contribution in [0.2, 0.25) is 0 Å². The number of fused-ring (bicyclic) bond motifs is 1. The van der Waals surface area contributed by atoms with Crippen molar-refractivity contribution in [2.75, 3.05) is 43.4 Å². The van der Waals surface area contributed by atoms with Crippen molar-refractivity contribution in [2.24, 2.45) is 0 Å². The molecule has 0 radical (unpaired) electrons. The number of aliphatic hydroxyl groups is 1. The summed E-state index contributed by atoms with van der Waals surface area (Å²) in [5.41, 5.74) is 1.79. The van der Waals surface area contributed by atoms with Crippen molar-refractivity contribution in [3.8, 4) is 5.69 Å². The second kappa shape index (κ2) is 8.32. The van der Waals surface area contributed by atoms with Gasteiger partial charge in [-0.25, -0.2) is 4.98 Å². The highest BCUT2D eigenvalue weighted by molar-refractivity contribution is 5.84. The summed E-state index contributed by atoms with van der Waals surface area (Å²) in [5.74, 6) is 0.493. The highest BCUT2D eigenvalue weighted by Crippen LogP contribution is 2.25. The first-order chi connectivity index (χ1) is 15.1. The minimum atomic E-state index is -0.277. The Labute approximate surface area is 180 Å². The minimum Gasteiger partial charge on any atom is -0.393 e. The summed E-state index contributed by atoms with van der Waals surface area (Å²) < 4.78 is 7.06. The van der Waals surface area contributed by atoms with Gasteiger partial charge < -0.3 is 24.7 Å². The molecule has 5 rings (SSSR count). The molecule has 1 saturated heterocycles. The molecule has 9 nitrogen and oxygen atoms in total. The summed E-state index contributed by atoms with van der Waals surface area (Å²) in [7, 11) is 2.14. The maximum atomic E-state index is 13.2. The smallest absolute Gasteiger partial charge is 0.300 e. The molecule has 164 valence electrons. The average Bonchev–Trinajstić information content (AvgIpc) is 3.13. The number of hydrogen-bond acceptors (Lipinski definition) is 8. The van der Waals surface area contributed by atoms with Crippen molar-refractivity contribution in [1.29, 1.82) is 0 Å². The minimum absolute atomic E-state index is 0.173. The van der Waals surface area contributed by atoms with Crippen LogP contribution in [0, 0.1) is 0 Å².